The molecule has 2 aromatic rings. The topological polar surface area (TPSA) is 67.2 Å². The van der Waals surface area contributed by atoms with Crippen molar-refractivity contribution in [3.63, 3.8) is 0 Å². The highest BCUT2D eigenvalue weighted by Crippen LogP contribution is 2.41. The molecule has 1 aliphatic rings. The molecule has 0 radical (unpaired) electrons. The number of rotatable bonds is 3. The van der Waals surface area contributed by atoms with E-state index in [-0.39, 0.29) is 11.6 Å². The van der Waals surface area contributed by atoms with Gasteiger partial charge in [0.2, 0.25) is 0 Å². The summed E-state index contributed by atoms with van der Waals surface area (Å²) in [5.41, 5.74) is 0.854. The molecule has 1 aromatic carbocycles. The van der Waals surface area contributed by atoms with E-state index in [9.17, 15) is 4.79 Å². The van der Waals surface area contributed by atoms with Gasteiger partial charge in [-0.3, -0.25) is 5.32 Å². The van der Waals surface area contributed by atoms with E-state index in [2.05, 4.69) is 31.7 Å². The van der Waals surface area contributed by atoms with Crippen LogP contribution in [0.25, 0.3) is 0 Å². The Kier molecular flexibility index (Phi) is 3.71. The molecule has 2 N–H and O–H groups in total. The third-order valence-corrected chi connectivity index (χ3v) is 4.35. The van der Waals surface area contributed by atoms with Crippen LogP contribution >= 0.6 is 15.9 Å². The number of aryl methyl sites for hydroxylation is 1. The number of hydrogen-bond acceptors (Lipinski definition) is 3. The number of carbonyl (C=O) groups excluding carboxylic acids is 1. The molecule has 5 nitrogen and oxygen atoms in total. The van der Waals surface area contributed by atoms with Gasteiger partial charge in [-0.25, -0.2) is 4.79 Å². The van der Waals surface area contributed by atoms with E-state index in [0.29, 0.717) is 11.6 Å². The molecule has 0 bridgehead atoms. The van der Waals surface area contributed by atoms with Gasteiger partial charge < -0.3 is 9.84 Å². The number of hydrogen-bond donors (Lipinski definition) is 2. The Hall–Kier alpha value is -1.82. The van der Waals surface area contributed by atoms with Crippen LogP contribution in [0.1, 0.15) is 30.6 Å². The van der Waals surface area contributed by atoms with Gasteiger partial charge in [-0.15, -0.1) is 0 Å². The predicted octanol–water partition coefficient (Wildman–Crippen LogP) is 3.95. The van der Waals surface area contributed by atoms with Crippen molar-refractivity contribution < 1.29 is 9.32 Å². The number of halogens is 1. The normalized spacial score (nSPS) is 16.1. The highest BCUT2D eigenvalue weighted by Gasteiger charge is 2.40. The van der Waals surface area contributed by atoms with Crippen molar-refractivity contribution in [2.45, 2.75) is 31.7 Å². The van der Waals surface area contributed by atoms with Crippen molar-refractivity contribution in [2.24, 2.45) is 0 Å². The maximum absolute atomic E-state index is 12.2. The van der Waals surface area contributed by atoms with Gasteiger partial charge in [0.15, 0.2) is 5.82 Å². The quantitative estimate of drug-likeness (QED) is 0.881. The SMILES string of the molecule is Cc1cc(NC(=O)NC2(c3ccc(Br)cc3)CCC2)no1. The van der Waals surface area contributed by atoms with E-state index in [0.717, 1.165) is 29.3 Å². The number of aromatic nitrogens is 1. The zero-order valence-electron chi connectivity index (χ0n) is 11.6. The number of carbonyl (C=O) groups is 1. The lowest BCUT2D eigenvalue weighted by Crippen LogP contribution is -2.52. The lowest BCUT2D eigenvalue weighted by atomic mass is 9.72. The Morgan fingerprint density at radius 2 is 2.05 bits per heavy atom. The summed E-state index contributed by atoms with van der Waals surface area (Å²) in [4.78, 5) is 12.2. The predicted molar refractivity (Wildman–Crippen MR) is 83.1 cm³/mol. The molecule has 0 spiro atoms. The molecular formula is C15H16BrN3O2. The summed E-state index contributed by atoms with van der Waals surface area (Å²) in [6, 6.07) is 9.51. The molecule has 0 saturated heterocycles. The maximum atomic E-state index is 12.2. The number of nitrogens with one attached hydrogen (secondary N) is 2. The van der Waals surface area contributed by atoms with E-state index in [1.54, 1.807) is 13.0 Å². The number of anilines is 1. The Morgan fingerprint density at radius 1 is 1.33 bits per heavy atom. The summed E-state index contributed by atoms with van der Waals surface area (Å²) in [5, 5.41) is 9.54. The fourth-order valence-electron chi connectivity index (χ4n) is 2.58. The molecule has 0 aliphatic heterocycles. The van der Waals surface area contributed by atoms with Gasteiger partial charge in [0.05, 0.1) is 5.54 Å². The molecule has 1 heterocycles. The number of amides is 2. The summed E-state index contributed by atoms with van der Waals surface area (Å²) < 4.78 is 5.97. The highest BCUT2D eigenvalue weighted by atomic mass is 79.9. The van der Waals surface area contributed by atoms with Crippen LogP contribution in [0, 0.1) is 6.92 Å². The molecule has 110 valence electrons. The van der Waals surface area contributed by atoms with Gasteiger partial charge in [-0.2, -0.15) is 0 Å². The second-order valence-corrected chi connectivity index (χ2v) is 6.26. The molecule has 1 saturated carbocycles. The van der Waals surface area contributed by atoms with Gasteiger partial charge in [0.25, 0.3) is 0 Å². The van der Waals surface area contributed by atoms with Gasteiger partial charge in [-0.05, 0) is 43.9 Å². The maximum Gasteiger partial charge on any atom is 0.321 e. The van der Waals surface area contributed by atoms with Crippen LogP contribution in [0.4, 0.5) is 10.6 Å². The Morgan fingerprint density at radius 3 is 2.57 bits per heavy atom. The third kappa shape index (κ3) is 2.95. The summed E-state index contributed by atoms with van der Waals surface area (Å²) in [6.07, 6.45) is 3.00. The number of nitrogens with zero attached hydrogens (tertiary/aromatic N) is 1. The molecule has 0 atom stereocenters. The van der Waals surface area contributed by atoms with E-state index in [1.165, 1.54) is 0 Å². The van der Waals surface area contributed by atoms with Crippen LogP contribution in [-0.4, -0.2) is 11.2 Å². The van der Waals surface area contributed by atoms with Crippen LogP contribution < -0.4 is 10.6 Å². The second-order valence-electron chi connectivity index (χ2n) is 5.34. The first kappa shape index (κ1) is 14.1. The third-order valence-electron chi connectivity index (χ3n) is 3.83. The van der Waals surface area contributed by atoms with Crippen molar-refractivity contribution in [3.05, 3.63) is 46.1 Å². The van der Waals surface area contributed by atoms with Crippen LogP contribution in [0.3, 0.4) is 0 Å². The first-order valence-corrected chi connectivity index (χ1v) is 7.65. The summed E-state index contributed by atoms with van der Waals surface area (Å²) in [5.74, 6) is 1.09. The molecular weight excluding hydrogens is 334 g/mol. The molecule has 21 heavy (non-hydrogen) atoms. The zero-order chi connectivity index (χ0) is 14.9. The Bertz CT molecular complexity index is 647. The molecule has 6 heteroatoms. The number of urea groups is 1. The first-order chi connectivity index (χ1) is 10.1. The minimum Gasteiger partial charge on any atom is -0.360 e. The smallest absolute Gasteiger partial charge is 0.321 e. The fourth-order valence-corrected chi connectivity index (χ4v) is 2.84. The van der Waals surface area contributed by atoms with Gasteiger partial charge in [0.1, 0.15) is 5.76 Å². The Balaban J connectivity index is 1.71. The molecule has 3 rings (SSSR count). The summed E-state index contributed by atoms with van der Waals surface area (Å²) in [6.45, 7) is 1.78. The second kappa shape index (κ2) is 5.52. The van der Waals surface area contributed by atoms with Crippen molar-refractivity contribution in [3.8, 4) is 0 Å². The molecule has 1 aliphatic carbocycles. The van der Waals surface area contributed by atoms with Gasteiger partial charge >= 0.3 is 6.03 Å². The van der Waals surface area contributed by atoms with Crippen molar-refractivity contribution in [1.29, 1.82) is 0 Å². The highest BCUT2D eigenvalue weighted by molar-refractivity contribution is 9.10. The van der Waals surface area contributed by atoms with Gasteiger partial charge in [0, 0.05) is 10.5 Å². The average Bonchev–Trinajstić information content (AvgIpc) is 2.80. The Labute approximate surface area is 131 Å². The molecule has 0 unspecified atom stereocenters. The van der Waals surface area contributed by atoms with Crippen LogP contribution in [0.2, 0.25) is 0 Å². The zero-order valence-corrected chi connectivity index (χ0v) is 13.2. The summed E-state index contributed by atoms with van der Waals surface area (Å²) in [7, 11) is 0. The van der Waals surface area contributed by atoms with E-state index in [1.807, 2.05) is 24.3 Å². The van der Waals surface area contributed by atoms with E-state index < -0.39 is 0 Å². The average molecular weight is 350 g/mol. The van der Waals surface area contributed by atoms with Crippen molar-refractivity contribution in [1.82, 2.24) is 10.5 Å². The number of benzene rings is 1. The van der Waals surface area contributed by atoms with Crippen molar-refractivity contribution >= 4 is 27.8 Å². The largest absolute Gasteiger partial charge is 0.360 e. The lowest BCUT2D eigenvalue weighted by molar-refractivity contribution is 0.185. The first-order valence-electron chi connectivity index (χ1n) is 6.86. The van der Waals surface area contributed by atoms with Crippen LogP contribution in [0.5, 0.6) is 0 Å². The summed E-state index contributed by atoms with van der Waals surface area (Å²) >= 11 is 3.43. The molecule has 1 aromatic heterocycles. The monoisotopic (exact) mass is 349 g/mol. The molecule has 2 amide bonds. The standard InChI is InChI=1S/C15H16BrN3O2/c1-10-9-13(19-21-10)17-14(20)18-15(7-2-8-15)11-3-5-12(16)6-4-11/h3-6,9H,2,7-8H2,1H3,(H2,17,18,19,20). The van der Waals surface area contributed by atoms with E-state index >= 15 is 0 Å². The minimum atomic E-state index is -0.274. The van der Waals surface area contributed by atoms with Crippen LogP contribution in [0.15, 0.2) is 39.3 Å². The fraction of sp³-hybridized carbons (Fsp3) is 0.333. The minimum absolute atomic E-state index is 0.258. The molecule has 1 fully saturated rings. The van der Waals surface area contributed by atoms with Crippen LogP contribution in [-0.2, 0) is 5.54 Å². The van der Waals surface area contributed by atoms with Crippen molar-refractivity contribution in [2.75, 3.05) is 5.32 Å². The lowest BCUT2D eigenvalue weighted by Gasteiger charge is -2.43. The van der Waals surface area contributed by atoms with Gasteiger partial charge in [-0.1, -0.05) is 33.2 Å². The van der Waals surface area contributed by atoms with E-state index in [4.69, 9.17) is 4.52 Å².